The lowest BCUT2D eigenvalue weighted by Crippen LogP contribution is -2.40. The number of carbonyl (C=O) groups is 2. The minimum atomic E-state index is -5.92. The summed E-state index contributed by atoms with van der Waals surface area (Å²) in [5, 5.41) is -4.69. The van der Waals surface area contributed by atoms with E-state index in [0.29, 0.717) is 12.8 Å². The number of fused-ring (bicyclic) bond motifs is 2. The molecule has 2 aliphatic rings. The highest BCUT2D eigenvalue weighted by Crippen LogP contribution is 2.53. The van der Waals surface area contributed by atoms with E-state index in [-0.39, 0.29) is 11.8 Å². The van der Waals surface area contributed by atoms with Crippen LogP contribution >= 0.6 is 0 Å². The van der Waals surface area contributed by atoms with E-state index in [1.165, 1.54) is 0 Å². The third-order valence-corrected chi connectivity index (χ3v) is 5.26. The summed E-state index contributed by atoms with van der Waals surface area (Å²) in [6, 6.07) is 0. The van der Waals surface area contributed by atoms with Crippen molar-refractivity contribution >= 4 is 22.1 Å². The lowest BCUT2D eigenvalue weighted by atomic mass is 9.79. The molecular formula is C12H15F2O7S-. The maximum atomic E-state index is 13.0. The summed E-state index contributed by atoms with van der Waals surface area (Å²) in [6.07, 6.45) is 1.99. The number of hydrogen-bond donors (Lipinski definition) is 0. The van der Waals surface area contributed by atoms with E-state index < -0.39 is 45.8 Å². The van der Waals surface area contributed by atoms with E-state index in [1.54, 1.807) is 0 Å². The molecule has 0 N–H and O–H groups in total. The first-order valence-electron chi connectivity index (χ1n) is 6.66. The maximum absolute atomic E-state index is 13.0. The summed E-state index contributed by atoms with van der Waals surface area (Å²) in [7, 11) is -4.76. The van der Waals surface area contributed by atoms with Gasteiger partial charge >= 0.3 is 17.2 Å². The number of methoxy groups -OCH3 is 1. The Bertz CT molecular complexity index is 574. The van der Waals surface area contributed by atoms with Crippen molar-refractivity contribution in [3.63, 3.8) is 0 Å². The summed E-state index contributed by atoms with van der Waals surface area (Å²) in [5.74, 6) is -3.66. The lowest BCUT2D eigenvalue weighted by Gasteiger charge is -2.28. The Hall–Kier alpha value is -1.29. The van der Waals surface area contributed by atoms with Gasteiger partial charge in [0, 0.05) is 0 Å². The smallest absolute Gasteiger partial charge is 0.367 e. The molecule has 2 aliphatic carbocycles. The Labute approximate surface area is 125 Å². The van der Waals surface area contributed by atoms with Gasteiger partial charge in [-0.15, -0.1) is 0 Å². The fourth-order valence-corrected chi connectivity index (χ4v) is 3.63. The van der Waals surface area contributed by atoms with E-state index >= 15 is 0 Å². The standard InChI is InChI=1S/C12H16F2O7S/c1-20-10(15)8-6-2-3-7(4-6)9(8)11(16)21-5-12(13,14)22(17,18)19/h6-9H,2-5H2,1H3,(H,17,18,19)/p-1. The molecule has 2 saturated carbocycles. The highest BCUT2D eigenvalue weighted by atomic mass is 32.2. The predicted molar refractivity (Wildman–Crippen MR) is 65.4 cm³/mol. The Balaban J connectivity index is 2.07. The molecule has 22 heavy (non-hydrogen) atoms. The van der Waals surface area contributed by atoms with E-state index in [4.69, 9.17) is 0 Å². The molecule has 4 unspecified atom stereocenters. The quantitative estimate of drug-likeness (QED) is 0.529. The van der Waals surface area contributed by atoms with Gasteiger partial charge in [0.1, 0.15) is 0 Å². The van der Waals surface area contributed by atoms with E-state index in [9.17, 15) is 31.3 Å². The Kier molecular flexibility index (Phi) is 4.44. The summed E-state index contributed by atoms with van der Waals surface area (Å²) >= 11 is 0. The molecule has 126 valence electrons. The molecule has 0 amide bonds. The number of carbonyl (C=O) groups excluding carboxylic acids is 2. The second-order valence-electron chi connectivity index (χ2n) is 5.61. The fraction of sp³-hybridized carbons (Fsp3) is 0.833. The Morgan fingerprint density at radius 3 is 2.14 bits per heavy atom. The molecule has 0 saturated heterocycles. The Morgan fingerprint density at radius 2 is 1.68 bits per heavy atom. The van der Waals surface area contributed by atoms with Gasteiger partial charge in [-0.05, 0) is 31.1 Å². The first-order chi connectivity index (χ1) is 10.1. The highest BCUT2D eigenvalue weighted by Gasteiger charge is 2.55. The van der Waals surface area contributed by atoms with Crippen LogP contribution in [0.4, 0.5) is 8.78 Å². The maximum Gasteiger partial charge on any atom is 0.367 e. The summed E-state index contributed by atoms with van der Waals surface area (Å²) in [4.78, 5) is 23.7. The average Bonchev–Trinajstić information content (AvgIpc) is 3.03. The minimum absolute atomic E-state index is 0.0706. The van der Waals surface area contributed by atoms with Gasteiger partial charge in [-0.1, -0.05) is 0 Å². The first-order valence-corrected chi connectivity index (χ1v) is 8.07. The third-order valence-electron chi connectivity index (χ3n) is 4.41. The average molecular weight is 341 g/mol. The van der Waals surface area contributed by atoms with Crippen molar-refractivity contribution in [3.8, 4) is 0 Å². The second-order valence-corrected chi connectivity index (χ2v) is 7.11. The lowest BCUT2D eigenvalue weighted by molar-refractivity contribution is -0.165. The summed E-state index contributed by atoms with van der Waals surface area (Å²) in [5.41, 5.74) is 0. The third kappa shape index (κ3) is 2.94. The SMILES string of the molecule is COC(=O)C1C2CCC(C2)C1C(=O)OCC(F)(F)S(=O)(=O)[O-]. The molecule has 2 rings (SSSR count). The molecule has 0 radical (unpaired) electrons. The van der Waals surface area contributed by atoms with Crippen LogP contribution in [0.15, 0.2) is 0 Å². The van der Waals surface area contributed by atoms with Crippen LogP contribution in [0.2, 0.25) is 0 Å². The number of hydrogen-bond acceptors (Lipinski definition) is 7. The van der Waals surface area contributed by atoms with Crippen LogP contribution < -0.4 is 0 Å². The molecule has 0 heterocycles. The summed E-state index contributed by atoms with van der Waals surface area (Å²) in [6.45, 7) is -1.85. The van der Waals surface area contributed by atoms with E-state index in [0.717, 1.165) is 13.5 Å². The van der Waals surface area contributed by atoms with E-state index in [2.05, 4.69) is 9.47 Å². The van der Waals surface area contributed by atoms with Gasteiger partial charge in [-0.25, -0.2) is 8.42 Å². The second kappa shape index (κ2) is 5.73. The molecule has 2 bridgehead atoms. The zero-order valence-electron chi connectivity index (χ0n) is 11.7. The molecule has 0 aromatic rings. The van der Waals surface area contributed by atoms with Crippen molar-refractivity contribution in [1.29, 1.82) is 0 Å². The van der Waals surface area contributed by atoms with Gasteiger partial charge in [0.2, 0.25) is 0 Å². The molecule has 4 atom stereocenters. The van der Waals surface area contributed by atoms with Crippen molar-refractivity contribution in [1.82, 2.24) is 0 Å². The van der Waals surface area contributed by atoms with Gasteiger partial charge in [-0.3, -0.25) is 9.59 Å². The monoisotopic (exact) mass is 341 g/mol. The topological polar surface area (TPSA) is 110 Å². The predicted octanol–water partition coefficient (Wildman–Crippen LogP) is 0.503. The van der Waals surface area contributed by atoms with Crippen molar-refractivity contribution < 1.29 is 40.8 Å². The molecule has 7 nitrogen and oxygen atoms in total. The van der Waals surface area contributed by atoms with Crippen LogP contribution in [0.5, 0.6) is 0 Å². The van der Waals surface area contributed by atoms with Crippen LogP contribution in [0.1, 0.15) is 19.3 Å². The number of esters is 2. The molecule has 10 heteroatoms. The van der Waals surface area contributed by atoms with Crippen LogP contribution in [-0.2, 0) is 29.2 Å². The largest absolute Gasteiger partial charge is 0.743 e. The summed E-state index contributed by atoms with van der Waals surface area (Å²) < 4.78 is 66.1. The van der Waals surface area contributed by atoms with Gasteiger partial charge in [0.15, 0.2) is 16.7 Å². The molecule has 0 aromatic carbocycles. The molecule has 0 aliphatic heterocycles. The van der Waals surface area contributed by atoms with Crippen molar-refractivity contribution in [3.05, 3.63) is 0 Å². The highest BCUT2D eigenvalue weighted by molar-refractivity contribution is 7.86. The van der Waals surface area contributed by atoms with Gasteiger partial charge in [0.05, 0.1) is 18.9 Å². The fourth-order valence-electron chi connectivity index (χ4n) is 3.43. The van der Waals surface area contributed by atoms with Crippen LogP contribution in [0.3, 0.4) is 0 Å². The number of rotatable bonds is 5. The molecule has 0 aromatic heterocycles. The van der Waals surface area contributed by atoms with Crippen molar-refractivity contribution in [2.45, 2.75) is 24.5 Å². The molecule has 0 spiro atoms. The van der Waals surface area contributed by atoms with Crippen molar-refractivity contribution in [2.24, 2.45) is 23.7 Å². The van der Waals surface area contributed by atoms with Gasteiger partial charge in [-0.2, -0.15) is 8.78 Å². The first kappa shape index (κ1) is 17.1. The van der Waals surface area contributed by atoms with E-state index in [1.807, 2.05) is 0 Å². The van der Waals surface area contributed by atoms with Gasteiger partial charge in [0.25, 0.3) is 0 Å². The number of alkyl halides is 2. The number of halogens is 2. The zero-order chi connectivity index (χ0) is 16.7. The normalized spacial score (nSPS) is 31.1. The van der Waals surface area contributed by atoms with Gasteiger partial charge < -0.3 is 14.0 Å². The Morgan fingerprint density at radius 1 is 1.18 bits per heavy atom. The van der Waals surface area contributed by atoms with Crippen molar-refractivity contribution in [2.75, 3.05) is 13.7 Å². The molecule has 2 fully saturated rings. The molecular weight excluding hydrogens is 326 g/mol. The number of ether oxygens (including phenoxy) is 2. The zero-order valence-corrected chi connectivity index (χ0v) is 12.5. The van der Waals surface area contributed by atoms with Crippen LogP contribution in [0, 0.1) is 23.7 Å². The van der Waals surface area contributed by atoms with Crippen LogP contribution in [-0.4, -0.2) is 43.9 Å². The van der Waals surface area contributed by atoms with Crippen LogP contribution in [0.25, 0.3) is 0 Å². The minimum Gasteiger partial charge on any atom is -0.743 e.